The van der Waals surface area contributed by atoms with Crippen molar-refractivity contribution in [2.75, 3.05) is 31.7 Å². The van der Waals surface area contributed by atoms with Gasteiger partial charge >= 0.3 is 0 Å². The zero-order chi connectivity index (χ0) is 14.7. The molecule has 2 rings (SSSR count). The molecule has 1 saturated heterocycles. The highest BCUT2D eigenvalue weighted by Gasteiger charge is 2.19. The molecule has 1 aromatic heterocycles. The molecule has 0 radical (unpaired) electrons. The van der Waals surface area contributed by atoms with E-state index in [0.717, 1.165) is 48.8 Å². The van der Waals surface area contributed by atoms with Crippen molar-refractivity contribution in [1.82, 2.24) is 4.98 Å². The van der Waals surface area contributed by atoms with E-state index in [2.05, 4.69) is 23.0 Å². The van der Waals surface area contributed by atoms with Gasteiger partial charge in [-0.2, -0.15) is 0 Å². The van der Waals surface area contributed by atoms with Gasteiger partial charge in [-0.15, -0.1) is 0 Å². The predicted octanol–water partition coefficient (Wildman–Crippen LogP) is 2.20. The lowest BCUT2D eigenvalue weighted by molar-refractivity contribution is 0.0576. The first-order valence-corrected chi connectivity index (χ1v) is 7.46. The van der Waals surface area contributed by atoms with Crippen LogP contribution in [0.25, 0.3) is 0 Å². The molecule has 0 amide bonds. The van der Waals surface area contributed by atoms with Gasteiger partial charge < -0.3 is 15.4 Å². The van der Waals surface area contributed by atoms with Gasteiger partial charge in [0, 0.05) is 31.6 Å². The predicted molar refractivity (Wildman–Crippen MR) is 86.4 cm³/mol. The zero-order valence-corrected chi connectivity index (χ0v) is 13.3. The Balaban J connectivity index is 2.23. The van der Waals surface area contributed by atoms with Gasteiger partial charge in [-0.05, 0) is 38.7 Å². The summed E-state index contributed by atoms with van der Waals surface area (Å²) in [4.78, 5) is 7.11. The van der Waals surface area contributed by atoms with Gasteiger partial charge in [0.1, 0.15) is 4.99 Å². The molecule has 2 N–H and O–H groups in total. The molecule has 5 heteroatoms. The van der Waals surface area contributed by atoms with Crippen molar-refractivity contribution in [2.24, 2.45) is 11.7 Å². The topological polar surface area (TPSA) is 51.4 Å². The van der Waals surface area contributed by atoms with Crippen molar-refractivity contribution < 1.29 is 4.74 Å². The van der Waals surface area contributed by atoms with Crippen LogP contribution < -0.4 is 10.6 Å². The minimum atomic E-state index is 0.414. The zero-order valence-electron chi connectivity index (χ0n) is 12.5. The molecule has 1 unspecified atom stereocenters. The average molecular weight is 293 g/mol. The second-order valence-corrected chi connectivity index (χ2v) is 6.01. The van der Waals surface area contributed by atoms with Gasteiger partial charge in [-0.25, -0.2) is 0 Å². The first kappa shape index (κ1) is 15.2. The van der Waals surface area contributed by atoms with Crippen molar-refractivity contribution in [2.45, 2.75) is 26.7 Å². The molecule has 0 aliphatic carbocycles. The van der Waals surface area contributed by atoms with Crippen LogP contribution in [-0.4, -0.2) is 36.8 Å². The Kier molecular flexibility index (Phi) is 4.94. The summed E-state index contributed by atoms with van der Waals surface area (Å²) in [5, 5.41) is 0. The Morgan fingerprint density at radius 2 is 2.30 bits per heavy atom. The summed E-state index contributed by atoms with van der Waals surface area (Å²) < 4.78 is 5.55. The van der Waals surface area contributed by atoms with E-state index < -0.39 is 0 Å². The first-order valence-electron chi connectivity index (χ1n) is 7.06. The van der Waals surface area contributed by atoms with Crippen LogP contribution >= 0.6 is 12.2 Å². The molecular formula is C15H23N3OS. The largest absolute Gasteiger partial charge is 0.389 e. The Hall–Kier alpha value is -1.20. The van der Waals surface area contributed by atoms with Gasteiger partial charge in [0.15, 0.2) is 0 Å². The fourth-order valence-electron chi connectivity index (χ4n) is 2.85. The lowest BCUT2D eigenvalue weighted by atomic mass is 10.0. The maximum Gasteiger partial charge on any atom is 0.107 e. The fourth-order valence-corrected chi connectivity index (χ4v) is 3.10. The fraction of sp³-hybridized carbons (Fsp3) is 0.600. The molecule has 20 heavy (non-hydrogen) atoms. The molecule has 1 aliphatic heterocycles. The minimum Gasteiger partial charge on any atom is -0.389 e. The number of anilines is 1. The number of hydrogen-bond acceptors (Lipinski definition) is 4. The number of aryl methyl sites for hydroxylation is 2. The summed E-state index contributed by atoms with van der Waals surface area (Å²) in [5.41, 5.74) is 9.74. The Bertz CT molecular complexity index is 498. The Morgan fingerprint density at radius 1 is 1.55 bits per heavy atom. The standard InChI is InChI=1S/C15H23N3OS/c1-10-7-13(14(15(16)20)11(2)17-10)18(3)8-12-5-4-6-19-9-12/h7,12H,4-6,8-9H2,1-3H3,(H2,16,20). The third-order valence-corrected chi connectivity index (χ3v) is 3.96. The normalized spacial score (nSPS) is 18.9. The SMILES string of the molecule is Cc1cc(N(C)CC2CCCOC2)c(C(N)=S)c(C)n1. The van der Waals surface area contributed by atoms with Crippen LogP contribution in [0.4, 0.5) is 5.69 Å². The van der Waals surface area contributed by atoms with Crippen molar-refractivity contribution in [1.29, 1.82) is 0 Å². The Labute approximate surface area is 126 Å². The lowest BCUT2D eigenvalue weighted by Crippen LogP contribution is -2.32. The molecule has 0 bridgehead atoms. The van der Waals surface area contributed by atoms with Gasteiger partial charge in [0.2, 0.25) is 0 Å². The van der Waals surface area contributed by atoms with Gasteiger partial charge in [-0.3, -0.25) is 4.98 Å². The monoisotopic (exact) mass is 293 g/mol. The number of nitrogens with two attached hydrogens (primary N) is 1. The number of rotatable bonds is 4. The Morgan fingerprint density at radius 3 is 2.90 bits per heavy atom. The van der Waals surface area contributed by atoms with Crippen molar-refractivity contribution >= 4 is 22.9 Å². The van der Waals surface area contributed by atoms with Crippen LogP contribution in [0.3, 0.4) is 0 Å². The summed E-state index contributed by atoms with van der Waals surface area (Å²) >= 11 is 5.19. The molecule has 0 aromatic carbocycles. The van der Waals surface area contributed by atoms with Crippen LogP contribution in [-0.2, 0) is 4.74 Å². The van der Waals surface area contributed by atoms with E-state index in [9.17, 15) is 0 Å². The molecule has 1 aromatic rings. The van der Waals surface area contributed by atoms with Gasteiger partial charge in [-0.1, -0.05) is 12.2 Å². The highest BCUT2D eigenvalue weighted by atomic mass is 32.1. The number of ether oxygens (including phenoxy) is 1. The second kappa shape index (κ2) is 6.50. The highest BCUT2D eigenvalue weighted by molar-refractivity contribution is 7.80. The van der Waals surface area contributed by atoms with Crippen LogP contribution in [0.2, 0.25) is 0 Å². The van der Waals surface area contributed by atoms with Crippen LogP contribution in [0.5, 0.6) is 0 Å². The number of hydrogen-bond donors (Lipinski definition) is 1. The summed E-state index contributed by atoms with van der Waals surface area (Å²) in [6.45, 7) is 6.65. The first-order chi connectivity index (χ1) is 9.49. The number of nitrogens with zero attached hydrogens (tertiary/aromatic N) is 2. The van der Waals surface area contributed by atoms with E-state index in [0.29, 0.717) is 10.9 Å². The average Bonchev–Trinajstić information content (AvgIpc) is 2.38. The summed E-state index contributed by atoms with van der Waals surface area (Å²) in [5.74, 6) is 0.571. The number of aromatic nitrogens is 1. The summed E-state index contributed by atoms with van der Waals surface area (Å²) in [6, 6.07) is 2.06. The van der Waals surface area contributed by atoms with E-state index in [4.69, 9.17) is 22.7 Å². The molecule has 2 heterocycles. The second-order valence-electron chi connectivity index (χ2n) is 5.57. The maximum absolute atomic E-state index is 5.88. The van der Waals surface area contributed by atoms with Crippen molar-refractivity contribution in [3.8, 4) is 0 Å². The number of thiocarbonyl (C=S) groups is 1. The van der Waals surface area contributed by atoms with Gasteiger partial charge in [0.25, 0.3) is 0 Å². The summed E-state index contributed by atoms with van der Waals surface area (Å²) in [7, 11) is 2.09. The van der Waals surface area contributed by atoms with Crippen LogP contribution in [0, 0.1) is 19.8 Å². The number of pyridine rings is 1. The van der Waals surface area contributed by atoms with E-state index in [1.807, 2.05) is 13.8 Å². The van der Waals surface area contributed by atoms with Gasteiger partial charge in [0.05, 0.1) is 17.9 Å². The van der Waals surface area contributed by atoms with E-state index in [1.165, 1.54) is 6.42 Å². The quantitative estimate of drug-likeness (QED) is 0.863. The molecule has 1 aliphatic rings. The van der Waals surface area contributed by atoms with Crippen molar-refractivity contribution in [3.63, 3.8) is 0 Å². The smallest absolute Gasteiger partial charge is 0.107 e. The highest BCUT2D eigenvalue weighted by Crippen LogP contribution is 2.25. The minimum absolute atomic E-state index is 0.414. The van der Waals surface area contributed by atoms with Crippen LogP contribution in [0.1, 0.15) is 29.8 Å². The van der Waals surface area contributed by atoms with E-state index in [-0.39, 0.29) is 0 Å². The van der Waals surface area contributed by atoms with Crippen molar-refractivity contribution in [3.05, 3.63) is 23.0 Å². The molecule has 0 spiro atoms. The molecule has 1 atom stereocenters. The van der Waals surface area contributed by atoms with E-state index in [1.54, 1.807) is 0 Å². The molecule has 110 valence electrons. The molecule has 0 saturated carbocycles. The lowest BCUT2D eigenvalue weighted by Gasteiger charge is -2.30. The van der Waals surface area contributed by atoms with Crippen LogP contribution in [0.15, 0.2) is 6.07 Å². The maximum atomic E-state index is 5.88. The third kappa shape index (κ3) is 3.46. The van der Waals surface area contributed by atoms with E-state index >= 15 is 0 Å². The molecular weight excluding hydrogens is 270 g/mol. The molecule has 4 nitrogen and oxygen atoms in total. The molecule has 1 fully saturated rings. The summed E-state index contributed by atoms with van der Waals surface area (Å²) in [6.07, 6.45) is 2.37. The third-order valence-electron chi connectivity index (χ3n) is 3.75.